The van der Waals surface area contributed by atoms with Gasteiger partial charge in [0.25, 0.3) is 0 Å². The Morgan fingerprint density at radius 2 is 2.00 bits per heavy atom. The summed E-state index contributed by atoms with van der Waals surface area (Å²) >= 11 is 5.98. The number of rotatable bonds is 3. The van der Waals surface area contributed by atoms with Crippen LogP contribution >= 0.6 is 11.6 Å². The maximum absolute atomic E-state index is 12.7. The molecule has 0 N–H and O–H groups in total. The SMILES string of the molecule is O=C=NC1CCCCCN1S(=O)(=O)c1ccccc1Cl. The van der Waals surface area contributed by atoms with Gasteiger partial charge in [0.15, 0.2) is 0 Å². The molecule has 0 bridgehead atoms. The fourth-order valence-electron chi connectivity index (χ4n) is 2.31. The predicted octanol–water partition coefficient (Wildman–Crippen LogP) is 2.57. The molecule has 0 spiro atoms. The van der Waals surface area contributed by atoms with Crippen molar-refractivity contribution in [3.63, 3.8) is 0 Å². The summed E-state index contributed by atoms with van der Waals surface area (Å²) in [5.74, 6) is 0. The Balaban J connectivity index is 2.44. The van der Waals surface area contributed by atoms with E-state index in [2.05, 4.69) is 4.99 Å². The predicted molar refractivity (Wildman–Crippen MR) is 75.7 cm³/mol. The van der Waals surface area contributed by atoms with Gasteiger partial charge in [-0.05, 0) is 31.4 Å². The molecule has 0 aliphatic carbocycles. The van der Waals surface area contributed by atoms with Crippen molar-refractivity contribution in [3.8, 4) is 0 Å². The molecule has 1 unspecified atom stereocenters. The zero-order chi connectivity index (χ0) is 14.6. The number of benzene rings is 1. The summed E-state index contributed by atoms with van der Waals surface area (Å²) in [7, 11) is -3.76. The smallest absolute Gasteiger partial charge is 0.211 e. The van der Waals surface area contributed by atoms with Crippen LogP contribution in [0.3, 0.4) is 0 Å². The van der Waals surface area contributed by atoms with Gasteiger partial charge in [-0.3, -0.25) is 0 Å². The summed E-state index contributed by atoms with van der Waals surface area (Å²) < 4.78 is 26.7. The van der Waals surface area contributed by atoms with Gasteiger partial charge in [0.05, 0.1) is 5.02 Å². The standard InChI is InChI=1S/C13H15ClN2O3S/c14-11-6-3-4-7-12(11)20(18,19)16-9-5-1-2-8-13(16)15-10-17/h3-4,6-7,13H,1-2,5,8-9H2. The molecule has 1 fully saturated rings. The van der Waals surface area contributed by atoms with Crippen LogP contribution in [0.2, 0.25) is 5.02 Å². The fourth-order valence-corrected chi connectivity index (χ4v) is 4.40. The van der Waals surface area contributed by atoms with Crippen LogP contribution in [0.5, 0.6) is 0 Å². The zero-order valence-corrected chi connectivity index (χ0v) is 12.4. The van der Waals surface area contributed by atoms with Gasteiger partial charge in [0.1, 0.15) is 11.1 Å². The molecule has 5 nitrogen and oxygen atoms in total. The Morgan fingerprint density at radius 1 is 1.25 bits per heavy atom. The molecule has 1 aromatic rings. The van der Waals surface area contributed by atoms with E-state index < -0.39 is 16.2 Å². The maximum Gasteiger partial charge on any atom is 0.246 e. The molecule has 108 valence electrons. The molecule has 7 heteroatoms. The molecule has 0 radical (unpaired) electrons. The second kappa shape index (κ2) is 6.50. The number of aliphatic imine (C=N–C) groups is 1. The minimum Gasteiger partial charge on any atom is -0.211 e. The summed E-state index contributed by atoms with van der Waals surface area (Å²) in [6.07, 6.45) is 3.81. The second-order valence-electron chi connectivity index (χ2n) is 4.60. The lowest BCUT2D eigenvalue weighted by atomic mass is 10.2. The summed E-state index contributed by atoms with van der Waals surface area (Å²) in [5.41, 5.74) is 0. The molecule has 0 saturated carbocycles. The number of sulfonamides is 1. The lowest BCUT2D eigenvalue weighted by Gasteiger charge is -2.25. The molecule has 1 saturated heterocycles. The number of nitrogens with zero attached hydrogens (tertiary/aromatic N) is 2. The van der Waals surface area contributed by atoms with Crippen molar-refractivity contribution in [3.05, 3.63) is 29.3 Å². The monoisotopic (exact) mass is 314 g/mol. The average molecular weight is 315 g/mol. The fraction of sp³-hybridized carbons (Fsp3) is 0.462. The Hall–Kier alpha value is -1.20. The molecule has 1 aliphatic heterocycles. The van der Waals surface area contributed by atoms with Gasteiger partial charge < -0.3 is 0 Å². The van der Waals surface area contributed by atoms with Gasteiger partial charge >= 0.3 is 0 Å². The van der Waals surface area contributed by atoms with Gasteiger partial charge in [-0.2, -0.15) is 9.30 Å². The van der Waals surface area contributed by atoms with Crippen molar-refractivity contribution >= 4 is 27.7 Å². The Bertz CT molecular complexity index is 626. The van der Waals surface area contributed by atoms with Crippen molar-refractivity contribution in [1.29, 1.82) is 0 Å². The number of carbonyl (C=O) groups excluding carboxylic acids is 1. The molecule has 1 aliphatic rings. The van der Waals surface area contributed by atoms with E-state index in [0.717, 1.165) is 19.3 Å². The van der Waals surface area contributed by atoms with Crippen molar-refractivity contribution in [2.24, 2.45) is 4.99 Å². The molecular formula is C13H15ClN2O3S. The van der Waals surface area contributed by atoms with E-state index in [4.69, 9.17) is 11.6 Å². The third kappa shape index (κ3) is 3.10. The van der Waals surface area contributed by atoms with Crippen molar-refractivity contribution in [1.82, 2.24) is 4.31 Å². The first kappa shape index (κ1) is 15.2. The first-order chi connectivity index (χ1) is 9.57. The van der Waals surface area contributed by atoms with Crippen LogP contribution in [0.4, 0.5) is 0 Å². The van der Waals surface area contributed by atoms with Crippen LogP contribution in [-0.2, 0) is 14.8 Å². The Labute approximate surface area is 123 Å². The summed E-state index contributed by atoms with van der Waals surface area (Å²) in [4.78, 5) is 14.2. The van der Waals surface area contributed by atoms with Crippen molar-refractivity contribution in [2.75, 3.05) is 6.54 Å². The molecule has 1 aromatic carbocycles. The highest BCUT2D eigenvalue weighted by Crippen LogP contribution is 2.29. The summed E-state index contributed by atoms with van der Waals surface area (Å²) in [6.45, 7) is 0.337. The van der Waals surface area contributed by atoms with Gasteiger partial charge in [-0.15, -0.1) is 0 Å². The van der Waals surface area contributed by atoms with Crippen LogP contribution in [-0.4, -0.2) is 31.5 Å². The van der Waals surface area contributed by atoms with Gasteiger partial charge in [0.2, 0.25) is 16.1 Å². The van der Waals surface area contributed by atoms with Gasteiger partial charge in [0, 0.05) is 6.54 Å². The lowest BCUT2D eigenvalue weighted by Crippen LogP contribution is -2.39. The van der Waals surface area contributed by atoms with E-state index in [0.29, 0.717) is 13.0 Å². The average Bonchev–Trinajstić information content (AvgIpc) is 2.65. The third-order valence-corrected chi connectivity index (χ3v) is 5.70. The number of isocyanates is 1. The molecule has 20 heavy (non-hydrogen) atoms. The van der Waals surface area contributed by atoms with E-state index in [9.17, 15) is 13.2 Å². The van der Waals surface area contributed by atoms with E-state index >= 15 is 0 Å². The largest absolute Gasteiger partial charge is 0.246 e. The molecule has 0 amide bonds. The highest BCUT2D eigenvalue weighted by Gasteiger charge is 2.33. The minimum atomic E-state index is -3.76. The van der Waals surface area contributed by atoms with E-state index in [1.807, 2.05) is 0 Å². The van der Waals surface area contributed by atoms with Crippen LogP contribution in [0.15, 0.2) is 34.2 Å². The van der Waals surface area contributed by atoms with Crippen molar-refractivity contribution in [2.45, 2.75) is 36.7 Å². The normalized spacial score (nSPS) is 20.9. The minimum absolute atomic E-state index is 0.0506. The number of halogens is 1. The Morgan fingerprint density at radius 3 is 2.70 bits per heavy atom. The zero-order valence-electron chi connectivity index (χ0n) is 10.8. The van der Waals surface area contributed by atoms with Crippen molar-refractivity contribution < 1.29 is 13.2 Å². The quantitative estimate of drug-likeness (QED) is 0.636. The highest BCUT2D eigenvalue weighted by molar-refractivity contribution is 7.89. The summed E-state index contributed by atoms with van der Waals surface area (Å²) in [5, 5.41) is 0.172. The third-order valence-electron chi connectivity index (χ3n) is 3.30. The van der Waals surface area contributed by atoms with E-state index in [-0.39, 0.29) is 9.92 Å². The molecule has 1 heterocycles. The molecule has 2 rings (SSSR count). The van der Waals surface area contributed by atoms with Crippen LogP contribution in [0.25, 0.3) is 0 Å². The van der Waals surface area contributed by atoms with Crippen LogP contribution < -0.4 is 0 Å². The first-order valence-corrected chi connectivity index (χ1v) is 8.22. The Kier molecular flexibility index (Phi) is 4.94. The lowest BCUT2D eigenvalue weighted by molar-refractivity contribution is 0.330. The maximum atomic E-state index is 12.7. The van der Waals surface area contributed by atoms with E-state index in [1.165, 1.54) is 22.5 Å². The molecule has 0 aromatic heterocycles. The number of hydrogen-bond donors (Lipinski definition) is 0. The topological polar surface area (TPSA) is 66.8 Å². The van der Waals surface area contributed by atoms with Gasteiger partial charge in [-0.25, -0.2) is 13.2 Å². The second-order valence-corrected chi connectivity index (χ2v) is 6.86. The molecular weight excluding hydrogens is 300 g/mol. The van der Waals surface area contributed by atoms with Crippen LogP contribution in [0.1, 0.15) is 25.7 Å². The first-order valence-electron chi connectivity index (χ1n) is 6.40. The molecule has 1 atom stereocenters. The van der Waals surface area contributed by atoms with Gasteiger partial charge in [-0.1, -0.05) is 30.2 Å². The van der Waals surface area contributed by atoms with Crippen LogP contribution in [0, 0.1) is 0 Å². The number of hydrogen-bond acceptors (Lipinski definition) is 4. The summed E-state index contributed by atoms with van der Waals surface area (Å²) in [6, 6.07) is 6.29. The highest BCUT2D eigenvalue weighted by atomic mass is 35.5. The van der Waals surface area contributed by atoms with E-state index in [1.54, 1.807) is 12.1 Å².